The van der Waals surface area contributed by atoms with Gasteiger partial charge in [0.15, 0.2) is 0 Å². The van der Waals surface area contributed by atoms with E-state index in [4.69, 9.17) is 5.73 Å². The third-order valence-corrected chi connectivity index (χ3v) is 4.24. The molecular formula is C13H19ClN4O2S. The molecule has 8 heteroatoms. The van der Waals surface area contributed by atoms with E-state index < -0.39 is 0 Å². The van der Waals surface area contributed by atoms with Crippen molar-refractivity contribution in [2.75, 3.05) is 13.1 Å². The van der Waals surface area contributed by atoms with E-state index in [0.29, 0.717) is 30.7 Å². The topological polar surface area (TPSA) is 101 Å². The zero-order chi connectivity index (χ0) is 14.7. The normalized spacial score (nSPS) is 10.4. The van der Waals surface area contributed by atoms with Crippen LogP contribution in [0, 0.1) is 13.8 Å². The molecule has 0 radical (unpaired) electrons. The molecule has 2 aromatic rings. The minimum absolute atomic E-state index is 0. The highest BCUT2D eigenvalue weighted by atomic mass is 35.5. The van der Waals surface area contributed by atoms with Crippen LogP contribution in [0.25, 0.3) is 10.2 Å². The molecule has 6 nitrogen and oxygen atoms in total. The first-order valence-electron chi connectivity index (χ1n) is 6.48. The molecule has 0 saturated carbocycles. The van der Waals surface area contributed by atoms with Crippen molar-refractivity contribution in [3.8, 4) is 0 Å². The second-order valence-electron chi connectivity index (χ2n) is 4.61. The number of halogens is 1. The van der Waals surface area contributed by atoms with Crippen molar-refractivity contribution in [2.24, 2.45) is 5.73 Å². The molecule has 1 amide bonds. The van der Waals surface area contributed by atoms with Gasteiger partial charge in [-0.05, 0) is 19.4 Å². The number of rotatable bonds is 5. The highest BCUT2D eigenvalue weighted by Gasteiger charge is 2.12. The maximum absolute atomic E-state index is 12.0. The maximum Gasteiger partial charge on any atom is 0.259 e. The maximum atomic E-state index is 12.0. The van der Waals surface area contributed by atoms with Crippen LogP contribution in [0.4, 0.5) is 0 Å². The van der Waals surface area contributed by atoms with Gasteiger partial charge < -0.3 is 16.0 Å². The third kappa shape index (κ3) is 4.03. The fourth-order valence-corrected chi connectivity index (χ4v) is 3.00. The molecule has 0 unspecified atom stereocenters. The highest BCUT2D eigenvalue weighted by Crippen LogP contribution is 2.25. The summed E-state index contributed by atoms with van der Waals surface area (Å²) in [5, 5.41) is 3.34. The number of nitrogens with one attached hydrogen (secondary N) is 2. The number of aryl methyl sites for hydroxylation is 3. The Morgan fingerprint density at radius 3 is 2.81 bits per heavy atom. The average molecular weight is 331 g/mol. The molecule has 2 aromatic heterocycles. The third-order valence-electron chi connectivity index (χ3n) is 3.14. The van der Waals surface area contributed by atoms with Crippen LogP contribution in [0.3, 0.4) is 0 Å². The van der Waals surface area contributed by atoms with Crippen LogP contribution in [0.2, 0.25) is 0 Å². The molecule has 116 valence electrons. The van der Waals surface area contributed by atoms with Crippen molar-refractivity contribution in [2.45, 2.75) is 26.7 Å². The standard InChI is InChI=1S/C13H18N4O2S.ClH/c1-7-8(2)20-13-11(7)12(19)16-9(17-13)3-4-10(18)15-6-5-14;/h3-6,14H2,1-2H3,(H,15,18)(H,16,17,19);1H. The zero-order valence-electron chi connectivity index (χ0n) is 12.0. The van der Waals surface area contributed by atoms with E-state index >= 15 is 0 Å². The minimum atomic E-state index is -0.130. The molecule has 4 N–H and O–H groups in total. The quantitative estimate of drug-likeness (QED) is 0.762. The van der Waals surface area contributed by atoms with Gasteiger partial charge in [-0.25, -0.2) is 4.98 Å². The van der Waals surface area contributed by atoms with Crippen LogP contribution in [-0.2, 0) is 11.2 Å². The lowest BCUT2D eigenvalue weighted by Gasteiger charge is -2.03. The molecular weight excluding hydrogens is 312 g/mol. The van der Waals surface area contributed by atoms with E-state index in [0.717, 1.165) is 15.3 Å². The predicted octanol–water partition coefficient (Wildman–Crippen LogP) is 1.03. The summed E-state index contributed by atoms with van der Waals surface area (Å²) in [7, 11) is 0. The van der Waals surface area contributed by atoms with Gasteiger partial charge in [0.25, 0.3) is 5.56 Å². The first-order valence-corrected chi connectivity index (χ1v) is 7.30. The van der Waals surface area contributed by atoms with Gasteiger partial charge in [-0.15, -0.1) is 23.7 Å². The van der Waals surface area contributed by atoms with Crippen molar-refractivity contribution >= 4 is 39.9 Å². The second kappa shape index (κ2) is 7.53. The summed E-state index contributed by atoms with van der Waals surface area (Å²) in [5.74, 6) is 0.461. The number of H-pyrrole nitrogens is 1. The first kappa shape index (κ1) is 17.6. The highest BCUT2D eigenvalue weighted by molar-refractivity contribution is 7.18. The number of nitrogens with two attached hydrogens (primary N) is 1. The largest absolute Gasteiger partial charge is 0.355 e. The number of fused-ring (bicyclic) bond motifs is 1. The van der Waals surface area contributed by atoms with Gasteiger partial charge >= 0.3 is 0 Å². The van der Waals surface area contributed by atoms with Crippen LogP contribution < -0.4 is 16.6 Å². The van der Waals surface area contributed by atoms with E-state index in [1.165, 1.54) is 11.3 Å². The molecule has 0 saturated heterocycles. The van der Waals surface area contributed by atoms with Crippen LogP contribution in [-0.4, -0.2) is 29.0 Å². The van der Waals surface area contributed by atoms with Gasteiger partial charge in [-0.1, -0.05) is 0 Å². The van der Waals surface area contributed by atoms with Gasteiger partial charge in [0.05, 0.1) is 5.39 Å². The van der Waals surface area contributed by atoms with Crippen molar-refractivity contribution in [1.29, 1.82) is 0 Å². The van der Waals surface area contributed by atoms with Crippen LogP contribution in [0.15, 0.2) is 4.79 Å². The first-order chi connectivity index (χ1) is 9.52. The van der Waals surface area contributed by atoms with E-state index in [1.807, 2.05) is 13.8 Å². The minimum Gasteiger partial charge on any atom is -0.355 e. The summed E-state index contributed by atoms with van der Waals surface area (Å²) >= 11 is 1.51. The molecule has 0 spiro atoms. The average Bonchev–Trinajstić information content (AvgIpc) is 2.69. The SMILES string of the molecule is Cc1sc2nc(CCC(=O)NCCN)[nH]c(=O)c2c1C.Cl. The Hall–Kier alpha value is -1.44. The molecule has 2 heterocycles. The Labute approximate surface area is 132 Å². The Bertz CT molecular complexity index is 695. The van der Waals surface area contributed by atoms with Crippen LogP contribution >= 0.6 is 23.7 Å². The van der Waals surface area contributed by atoms with E-state index in [2.05, 4.69) is 15.3 Å². The molecule has 21 heavy (non-hydrogen) atoms. The Morgan fingerprint density at radius 2 is 2.14 bits per heavy atom. The zero-order valence-corrected chi connectivity index (χ0v) is 13.6. The molecule has 0 aromatic carbocycles. The molecule has 0 atom stereocenters. The Balaban J connectivity index is 0.00000220. The molecule has 0 aliphatic heterocycles. The number of nitrogens with zero attached hydrogens (tertiary/aromatic N) is 1. The van der Waals surface area contributed by atoms with Crippen molar-refractivity contribution < 1.29 is 4.79 Å². The molecule has 0 bridgehead atoms. The lowest BCUT2D eigenvalue weighted by Crippen LogP contribution is -2.29. The van der Waals surface area contributed by atoms with Gasteiger partial charge in [0.1, 0.15) is 10.7 Å². The van der Waals surface area contributed by atoms with E-state index in [1.54, 1.807) is 0 Å². The number of hydrogen-bond acceptors (Lipinski definition) is 5. The van der Waals surface area contributed by atoms with Crippen LogP contribution in [0.1, 0.15) is 22.7 Å². The number of carbonyl (C=O) groups excluding carboxylic acids is 1. The summed E-state index contributed by atoms with van der Waals surface area (Å²) < 4.78 is 0. The summed E-state index contributed by atoms with van der Waals surface area (Å²) in [6.07, 6.45) is 0.704. The number of aromatic amines is 1. The summed E-state index contributed by atoms with van der Waals surface area (Å²) in [6, 6.07) is 0. The van der Waals surface area contributed by atoms with Gasteiger partial charge in [0, 0.05) is 30.8 Å². The number of carbonyl (C=O) groups is 1. The fourth-order valence-electron chi connectivity index (χ4n) is 1.95. The van der Waals surface area contributed by atoms with Gasteiger partial charge in [-0.3, -0.25) is 9.59 Å². The molecule has 0 aliphatic rings. The van der Waals surface area contributed by atoms with Crippen molar-refractivity contribution in [1.82, 2.24) is 15.3 Å². The second-order valence-corrected chi connectivity index (χ2v) is 5.82. The Kier molecular flexibility index (Phi) is 6.32. The van der Waals surface area contributed by atoms with Gasteiger partial charge in [0.2, 0.25) is 5.91 Å². The molecule has 0 fully saturated rings. The van der Waals surface area contributed by atoms with Crippen molar-refractivity contribution in [3.05, 3.63) is 26.6 Å². The fraction of sp³-hybridized carbons (Fsp3) is 0.462. The van der Waals surface area contributed by atoms with Crippen molar-refractivity contribution in [3.63, 3.8) is 0 Å². The predicted molar refractivity (Wildman–Crippen MR) is 87.3 cm³/mol. The van der Waals surface area contributed by atoms with Crippen LogP contribution in [0.5, 0.6) is 0 Å². The van der Waals surface area contributed by atoms with Gasteiger partial charge in [-0.2, -0.15) is 0 Å². The number of hydrogen-bond donors (Lipinski definition) is 3. The summed E-state index contributed by atoms with van der Waals surface area (Å²) in [5.41, 5.74) is 6.16. The molecule has 2 rings (SSSR count). The van der Waals surface area contributed by atoms with E-state index in [9.17, 15) is 9.59 Å². The summed E-state index contributed by atoms with van der Waals surface area (Å²) in [6.45, 7) is 4.78. The smallest absolute Gasteiger partial charge is 0.259 e. The monoisotopic (exact) mass is 330 g/mol. The summed E-state index contributed by atoms with van der Waals surface area (Å²) in [4.78, 5) is 32.6. The number of thiophene rings is 1. The Morgan fingerprint density at radius 1 is 1.43 bits per heavy atom. The number of amides is 1. The molecule has 0 aliphatic carbocycles. The lowest BCUT2D eigenvalue weighted by atomic mass is 10.2. The van der Waals surface area contributed by atoms with E-state index in [-0.39, 0.29) is 30.3 Å². The number of aromatic nitrogens is 2. The lowest BCUT2D eigenvalue weighted by molar-refractivity contribution is -0.121.